The van der Waals surface area contributed by atoms with Gasteiger partial charge in [0.15, 0.2) is 0 Å². The van der Waals surface area contributed by atoms with Crippen LogP contribution in [0.3, 0.4) is 0 Å². The van der Waals surface area contributed by atoms with E-state index in [1.165, 1.54) is 16.9 Å². The Morgan fingerprint density at radius 3 is 2.68 bits per heavy atom. The van der Waals surface area contributed by atoms with Crippen molar-refractivity contribution in [3.8, 4) is 0 Å². The molecule has 0 saturated carbocycles. The predicted molar refractivity (Wildman–Crippen MR) is 83.6 cm³/mol. The van der Waals surface area contributed by atoms with Gasteiger partial charge in [-0.25, -0.2) is 0 Å². The highest BCUT2D eigenvalue weighted by Crippen LogP contribution is 2.24. The molecule has 3 nitrogen and oxygen atoms in total. The molecule has 0 aliphatic heterocycles. The van der Waals surface area contributed by atoms with E-state index in [0.717, 1.165) is 23.1 Å². The molecule has 0 bridgehead atoms. The molecule has 1 aromatic carbocycles. The second-order valence-electron chi connectivity index (χ2n) is 4.88. The van der Waals surface area contributed by atoms with E-state index in [9.17, 15) is 0 Å². The molecule has 19 heavy (non-hydrogen) atoms. The third-order valence-electron chi connectivity index (χ3n) is 3.33. The SMILES string of the molecule is CCc1nn(C)c(CN(C)c2cccc(C)c2)c1Br. The molecule has 0 spiro atoms. The van der Waals surface area contributed by atoms with Crippen molar-refractivity contribution < 1.29 is 0 Å². The van der Waals surface area contributed by atoms with Crippen LogP contribution in [0.15, 0.2) is 28.7 Å². The van der Waals surface area contributed by atoms with Crippen LogP contribution in [0.25, 0.3) is 0 Å². The summed E-state index contributed by atoms with van der Waals surface area (Å²) in [7, 11) is 4.11. The van der Waals surface area contributed by atoms with Crippen molar-refractivity contribution in [3.05, 3.63) is 45.7 Å². The lowest BCUT2D eigenvalue weighted by molar-refractivity contribution is 0.688. The van der Waals surface area contributed by atoms with Crippen LogP contribution in [0.2, 0.25) is 0 Å². The van der Waals surface area contributed by atoms with Gasteiger partial charge in [0.05, 0.1) is 22.4 Å². The molecule has 1 heterocycles. The summed E-state index contributed by atoms with van der Waals surface area (Å²) in [6.45, 7) is 5.08. The number of benzene rings is 1. The van der Waals surface area contributed by atoms with Crippen LogP contribution in [-0.4, -0.2) is 16.8 Å². The standard InChI is InChI=1S/C15H20BrN3/c1-5-13-15(16)14(19(4)17-13)10-18(3)12-8-6-7-11(2)9-12/h6-9H,5,10H2,1-4H3. The van der Waals surface area contributed by atoms with Gasteiger partial charge in [-0.1, -0.05) is 19.1 Å². The van der Waals surface area contributed by atoms with E-state index in [0.29, 0.717) is 0 Å². The lowest BCUT2D eigenvalue weighted by Gasteiger charge is -2.20. The molecular weight excluding hydrogens is 302 g/mol. The summed E-state index contributed by atoms with van der Waals surface area (Å²) in [5.41, 5.74) is 4.84. The minimum absolute atomic E-state index is 0.841. The molecule has 0 atom stereocenters. The topological polar surface area (TPSA) is 21.1 Å². The molecule has 0 N–H and O–H groups in total. The Hall–Kier alpha value is -1.29. The van der Waals surface area contributed by atoms with E-state index >= 15 is 0 Å². The van der Waals surface area contributed by atoms with Crippen molar-refractivity contribution in [2.24, 2.45) is 7.05 Å². The Morgan fingerprint density at radius 2 is 2.11 bits per heavy atom. The Balaban J connectivity index is 2.24. The van der Waals surface area contributed by atoms with Crippen molar-refractivity contribution in [1.82, 2.24) is 9.78 Å². The largest absolute Gasteiger partial charge is 0.369 e. The van der Waals surface area contributed by atoms with E-state index in [-0.39, 0.29) is 0 Å². The zero-order valence-corrected chi connectivity index (χ0v) is 13.5. The average molecular weight is 322 g/mol. The van der Waals surface area contributed by atoms with Gasteiger partial charge in [-0.05, 0) is 47.0 Å². The minimum Gasteiger partial charge on any atom is -0.369 e. The van der Waals surface area contributed by atoms with E-state index in [4.69, 9.17) is 0 Å². The third-order valence-corrected chi connectivity index (χ3v) is 4.25. The first-order valence-corrected chi connectivity index (χ1v) is 7.30. The quantitative estimate of drug-likeness (QED) is 0.856. The predicted octanol–water partition coefficient (Wildman–Crippen LogP) is 3.69. The Bertz CT molecular complexity index is 575. The normalized spacial score (nSPS) is 10.8. The van der Waals surface area contributed by atoms with Gasteiger partial charge in [0.1, 0.15) is 0 Å². The van der Waals surface area contributed by atoms with Crippen molar-refractivity contribution in [2.75, 3.05) is 11.9 Å². The molecule has 0 aliphatic carbocycles. The maximum Gasteiger partial charge on any atom is 0.0767 e. The second-order valence-corrected chi connectivity index (χ2v) is 5.67. The highest BCUT2D eigenvalue weighted by molar-refractivity contribution is 9.10. The molecule has 2 aromatic rings. The smallest absolute Gasteiger partial charge is 0.0767 e. The number of aromatic nitrogens is 2. The Labute approximate surface area is 123 Å². The second kappa shape index (κ2) is 5.78. The molecule has 0 fully saturated rings. The first-order chi connectivity index (χ1) is 9.02. The van der Waals surface area contributed by atoms with Gasteiger partial charge >= 0.3 is 0 Å². The number of rotatable bonds is 4. The summed E-state index contributed by atoms with van der Waals surface area (Å²) in [6.07, 6.45) is 0.947. The Kier molecular flexibility index (Phi) is 4.30. The molecule has 0 aliphatic rings. The van der Waals surface area contributed by atoms with Gasteiger partial charge in [0.2, 0.25) is 0 Å². The zero-order valence-electron chi connectivity index (χ0n) is 11.9. The number of anilines is 1. The Morgan fingerprint density at radius 1 is 1.37 bits per heavy atom. The highest BCUT2D eigenvalue weighted by Gasteiger charge is 2.14. The fraction of sp³-hybridized carbons (Fsp3) is 0.400. The molecular formula is C15H20BrN3. The van der Waals surface area contributed by atoms with Gasteiger partial charge in [0, 0.05) is 19.8 Å². The van der Waals surface area contributed by atoms with Crippen LogP contribution >= 0.6 is 15.9 Å². The van der Waals surface area contributed by atoms with Crippen LogP contribution in [-0.2, 0) is 20.0 Å². The van der Waals surface area contributed by atoms with Crippen LogP contribution in [0.1, 0.15) is 23.9 Å². The van der Waals surface area contributed by atoms with Crippen LogP contribution in [0.5, 0.6) is 0 Å². The summed E-state index contributed by atoms with van der Waals surface area (Å²) >= 11 is 3.67. The summed E-state index contributed by atoms with van der Waals surface area (Å²) < 4.78 is 3.10. The molecule has 1 aromatic heterocycles. The first kappa shape index (κ1) is 14.1. The van der Waals surface area contributed by atoms with Crippen molar-refractivity contribution >= 4 is 21.6 Å². The molecule has 0 saturated heterocycles. The maximum absolute atomic E-state index is 4.54. The molecule has 0 unspecified atom stereocenters. The van der Waals surface area contributed by atoms with Crippen molar-refractivity contribution in [3.63, 3.8) is 0 Å². The molecule has 0 amide bonds. The number of aryl methyl sites for hydroxylation is 3. The van der Waals surface area contributed by atoms with Crippen LogP contribution in [0.4, 0.5) is 5.69 Å². The van der Waals surface area contributed by atoms with Crippen LogP contribution in [0, 0.1) is 6.92 Å². The molecule has 4 heteroatoms. The number of hydrogen-bond acceptors (Lipinski definition) is 2. The van der Waals surface area contributed by atoms with E-state index in [1.807, 2.05) is 11.7 Å². The maximum atomic E-state index is 4.54. The van der Waals surface area contributed by atoms with Crippen molar-refractivity contribution in [1.29, 1.82) is 0 Å². The summed E-state index contributed by atoms with van der Waals surface area (Å²) in [6, 6.07) is 8.55. The third kappa shape index (κ3) is 3.00. The van der Waals surface area contributed by atoms with Gasteiger partial charge in [-0.3, -0.25) is 4.68 Å². The fourth-order valence-corrected chi connectivity index (χ4v) is 2.91. The van der Waals surface area contributed by atoms with E-state index < -0.39 is 0 Å². The van der Waals surface area contributed by atoms with E-state index in [2.05, 4.69) is 71.1 Å². The number of halogens is 1. The van der Waals surface area contributed by atoms with Gasteiger partial charge in [-0.2, -0.15) is 5.10 Å². The lowest BCUT2D eigenvalue weighted by atomic mass is 10.2. The minimum atomic E-state index is 0.841. The summed E-state index contributed by atoms with van der Waals surface area (Å²) in [5, 5.41) is 4.54. The zero-order chi connectivity index (χ0) is 14.0. The number of hydrogen-bond donors (Lipinski definition) is 0. The van der Waals surface area contributed by atoms with Gasteiger partial charge < -0.3 is 4.90 Å². The summed E-state index contributed by atoms with van der Waals surface area (Å²) in [5.74, 6) is 0. The molecule has 2 rings (SSSR count). The molecule has 102 valence electrons. The monoisotopic (exact) mass is 321 g/mol. The fourth-order valence-electron chi connectivity index (χ4n) is 2.17. The lowest BCUT2D eigenvalue weighted by Crippen LogP contribution is -2.18. The van der Waals surface area contributed by atoms with Crippen molar-refractivity contribution in [2.45, 2.75) is 26.8 Å². The first-order valence-electron chi connectivity index (χ1n) is 6.51. The summed E-state index contributed by atoms with van der Waals surface area (Å²) in [4.78, 5) is 2.24. The number of nitrogens with zero attached hydrogens (tertiary/aromatic N) is 3. The van der Waals surface area contributed by atoms with E-state index in [1.54, 1.807) is 0 Å². The molecule has 0 radical (unpaired) electrons. The average Bonchev–Trinajstić information content (AvgIpc) is 2.66. The highest BCUT2D eigenvalue weighted by atomic mass is 79.9. The van der Waals surface area contributed by atoms with Gasteiger partial charge in [0.25, 0.3) is 0 Å². The van der Waals surface area contributed by atoms with Gasteiger partial charge in [-0.15, -0.1) is 0 Å². The van der Waals surface area contributed by atoms with Crippen LogP contribution < -0.4 is 4.90 Å².